The molecule has 114 valence electrons. The smallest absolute Gasteiger partial charge is 0.191 e. The number of nitrogens with one attached hydrogen (secondary N) is 2. The van der Waals surface area contributed by atoms with Crippen LogP contribution >= 0.6 is 24.0 Å². The molecular formula is C13H28IN3O2. The van der Waals surface area contributed by atoms with Crippen LogP contribution in [0.3, 0.4) is 0 Å². The van der Waals surface area contributed by atoms with E-state index in [0.717, 1.165) is 32.0 Å². The first kappa shape index (κ1) is 18.9. The number of ether oxygens (including phenoxy) is 2. The van der Waals surface area contributed by atoms with Gasteiger partial charge >= 0.3 is 0 Å². The van der Waals surface area contributed by atoms with Crippen LogP contribution in [0.2, 0.25) is 0 Å². The molecule has 0 radical (unpaired) electrons. The lowest BCUT2D eigenvalue weighted by Crippen LogP contribution is -2.48. The number of rotatable bonds is 5. The third-order valence-electron chi connectivity index (χ3n) is 2.58. The predicted octanol–water partition coefficient (Wildman–Crippen LogP) is 1.76. The molecule has 6 heteroatoms. The predicted molar refractivity (Wildman–Crippen MR) is 89.5 cm³/mol. The van der Waals surface area contributed by atoms with E-state index in [1.165, 1.54) is 0 Å². The van der Waals surface area contributed by atoms with E-state index in [1.54, 1.807) is 7.05 Å². The fraction of sp³-hybridized carbons (Fsp3) is 0.923. The fourth-order valence-corrected chi connectivity index (χ4v) is 1.77. The van der Waals surface area contributed by atoms with E-state index in [-0.39, 0.29) is 29.5 Å². The monoisotopic (exact) mass is 385 g/mol. The van der Waals surface area contributed by atoms with E-state index in [1.807, 2.05) is 0 Å². The van der Waals surface area contributed by atoms with Crippen molar-refractivity contribution < 1.29 is 9.47 Å². The van der Waals surface area contributed by atoms with Gasteiger partial charge in [-0.3, -0.25) is 4.99 Å². The standard InChI is InChI=1S/C13H27N3O2.HI/c1-13(2,3)16-12(14-4)15-7-9-17-10-11-6-5-8-18-11;/h11H,5-10H2,1-4H3,(H2,14,15,16);1H. The summed E-state index contributed by atoms with van der Waals surface area (Å²) in [6.07, 6.45) is 2.59. The van der Waals surface area contributed by atoms with Crippen molar-refractivity contribution in [1.29, 1.82) is 0 Å². The summed E-state index contributed by atoms with van der Waals surface area (Å²) in [4.78, 5) is 4.16. The molecule has 0 amide bonds. The van der Waals surface area contributed by atoms with Gasteiger partial charge in [0, 0.05) is 25.7 Å². The molecule has 0 aromatic rings. The van der Waals surface area contributed by atoms with Crippen LogP contribution in [-0.4, -0.2) is 51.0 Å². The zero-order valence-electron chi connectivity index (χ0n) is 12.5. The van der Waals surface area contributed by atoms with Gasteiger partial charge in [-0.1, -0.05) is 0 Å². The Bertz CT molecular complexity index is 261. The second kappa shape index (κ2) is 9.77. The van der Waals surface area contributed by atoms with Crippen LogP contribution < -0.4 is 10.6 Å². The number of hydrogen-bond donors (Lipinski definition) is 2. The number of nitrogens with zero attached hydrogens (tertiary/aromatic N) is 1. The lowest BCUT2D eigenvalue weighted by molar-refractivity contribution is 0.0191. The highest BCUT2D eigenvalue weighted by atomic mass is 127. The Hall–Kier alpha value is -0.0800. The van der Waals surface area contributed by atoms with Crippen molar-refractivity contribution in [2.75, 3.05) is 33.4 Å². The minimum atomic E-state index is 0. The van der Waals surface area contributed by atoms with Crippen LogP contribution in [0.5, 0.6) is 0 Å². The van der Waals surface area contributed by atoms with Crippen molar-refractivity contribution in [3.8, 4) is 0 Å². The molecule has 0 aromatic heterocycles. The van der Waals surface area contributed by atoms with Crippen molar-refractivity contribution in [3.05, 3.63) is 0 Å². The summed E-state index contributed by atoms with van der Waals surface area (Å²) in [5, 5.41) is 6.52. The minimum Gasteiger partial charge on any atom is -0.377 e. The molecule has 1 saturated heterocycles. The van der Waals surface area contributed by atoms with E-state index < -0.39 is 0 Å². The highest BCUT2D eigenvalue weighted by molar-refractivity contribution is 14.0. The van der Waals surface area contributed by atoms with Gasteiger partial charge in [-0.05, 0) is 33.6 Å². The Morgan fingerprint density at radius 2 is 2.16 bits per heavy atom. The van der Waals surface area contributed by atoms with Gasteiger partial charge < -0.3 is 20.1 Å². The normalized spacial score (nSPS) is 20.0. The van der Waals surface area contributed by atoms with Crippen LogP contribution in [0, 0.1) is 0 Å². The molecule has 1 fully saturated rings. The van der Waals surface area contributed by atoms with E-state index in [2.05, 4.69) is 36.4 Å². The van der Waals surface area contributed by atoms with Gasteiger partial charge in [0.2, 0.25) is 0 Å². The van der Waals surface area contributed by atoms with Crippen LogP contribution in [-0.2, 0) is 9.47 Å². The molecule has 1 heterocycles. The Balaban J connectivity index is 0.00000324. The fourth-order valence-electron chi connectivity index (χ4n) is 1.77. The SMILES string of the molecule is CN=C(NCCOCC1CCCO1)NC(C)(C)C.I. The summed E-state index contributed by atoms with van der Waals surface area (Å²) >= 11 is 0. The second-order valence-electron chi connectivity index (χ2n) is 5.58. The first-order valence-corrected chi connectivity index (χ1v) is 6.69. The molecule has 0 aliphatic carbocycles. The number of hydrogen-bond acceptors (Lipinski definition) is 3. The summed E-state index contributed by atoms with van der Waals surface area (Å²) in [6, 6.07) is 0. The van der Waals surface area contributed by atoms with Gasteiger partial charge in [-0.15, -0.1) is 24.0 Å². The van der Waals surface area contributed by atoms with Crippen LogP contribution in [0.25, 0.3) is 0 Å². The first-order valence-electron chi connectivity index (χ1n) is 6.69. The molecule has 2 N–H and O–H groups in total. The van der Waals surface area contributed by atoms with Gasteiger partial charge in [0.1, 0.15) is 0 Å². The quantitative estimate of drug-likeness (QED) is 0.328. The Kier molecular flexibility index (Phi) is 9.72. The van der Waals surface area contributed by atoms with Crippen molar-refractivity contribution >= 4 is 29.9 Å². The Morgan fingerprint density at radius 1 is 1.42 bits per heavy atom. The van der Waals surface area contributed by atoms with Crippen LogP contribution in [0.15, 0.2) is 4.99 Å². The molecule has 0 bridgehead atoms. The lowest BCUT2D eigenvalue weighted by Gasteiger charge is -2.23. The highest BCUT2D eigenvalue weighted by Gasteiger charge is 2.15. The van der Waals surface area contributed by atoms with Gasteiger partial charge in [-0.2, -0.15) is 0 Å². The highest BCUT2D eigenvalue weighted by Crippen LogP contribution is 2.11. The molecule has 0 saturated carbocycles. The molecule has 1 atom stereocenters. The number of halogens is 1. The molecule has 5 nitrogen and oxygen atoms in total. The zero-order valence-corrected chi connectivity index (χ0v) is 14.8. The molecule has 19 heavy (non-hydrogen) atoms. The molecule has 1 rings (SSSR count). The maximum Gasteiger partial charge on any atom is 0.191 e. The van der Waals surface area contributed by atoms with E-state index in [9.17, 15) is 0 Å². The van der Waals surface area contributed by atoms with Crippen molar-refractivity contribution in [3.63, 3.8) is 0 Å². The molecular weight excluding hydrogens is 357 g/mol. The second-order valence-corrected chi connectivity index (χ2v) is 5.58. The van der Waals surface area contributed by atoms with Crippen LogP contribution in [0.4, 0.5) is 0 Å². The summed E-state index contributed by atoms with van der Waals surface area (Å²) in [5.41, 5.74) is 0.0143. The third kappa shape index (κ3) is 9.45. The van der Waals surface area contributed by atoms with Crippen molar-refractivity contribution in [1.82, 2.24) is 10.6 Å². The number of guanidine groups is 1. The summed E-state index contributed by atoms with van der Waals surface area (Å²) in [7, 11) is 1.77. The third-order valence-corrected chi connectivity index (χ3v) is 2.58. The molecule has 0 aromatic carbocycles. The topological polar surface area (TPSA) is 54.9 Å². The van der Waals surface area contributed by atoms with Gasteiger partial charge in [0.25, 0.3) is 0 Å². The largest absolute Gasteiger partial charge is 0.377 e. The van der Waals surface area contributed by atoms with Crippen LogP contribution in [0.1, 0.15) is 33.6 Å². The average molecular weight is 385 g/mol. The number of aliphatic imine (C=N–C) groups is 1. The minimum absolute atomic E-state index is 0. The van der Waals surface area contributed by atoms with Gasteiger partial charge in [-0.25, -0.2) is 0 Å². The summed E-state index contributed by atoms with van der Waals surface area (Å²) in [6.45, 7) is 9.32. The summed E-state index contributed by atoms with van der Waals surface area (Å²) < 4.78 is 11.1. The lowest BCUT2D eigenvalue weighted by atomic mass is 10.1. The van der Waals surface area contributed by atoms with E-state index >= 15 is 0 Å². The Labute approximate surface area is 133 Å². The average Bonchev–Trinajstić information content (AvgIpc) is 2.78. The van der Waals surface area contributed by atoms with E-state index in [0.29, 0.717) is 19.3 Å². The van der Waals surface area contributed by atoms with E-state index in [4.69, 9.17) is 9.47 Å². The maximum atomic E-state index is 5.57. The van der Waals surface area contributed by atoms with Gasteiger partial charge in [0.15, 0.2) is 5.96 Å². The Morgan fingerprint density at radius 3 is 2.68 bits per heavy atom. The van der Waals surface area contributed by atoms with Crippen molar-refractivity contribution in [2.24, 2.45) is 4.99 Å². The molecule has 1 aliphatic rings. The molecule has 1 unspecified atom stereocenters. The van der Waals surface area contributed by atoms with Gasteiger partial charge in [0.05, 0.1) is 19.3 Å². The summed E-state index contributed by atoms with van der Waals surface area (Å²) in [5.74, 6) is 0.809. The first-order chi connectivity index (χ1) is 8.51. The zero-order chi connectivity index (χ0) is 13.4. The maximum absolute atomic E-state index is 5.57. The molecule has 0 spiro atoms. The van der Waals surface area contributed by atoms with Crippen molar-refractivity contribution in [2.45, 2.75) is 45.3 Å². The molecule has 1 aliphatic heterocycles.